The smallest absolute Gasteiger partial charge is 0.0786 e. The van der Waals surface area contributed by atoms with Crippen LogP contribution < -0.4 is 0 Å². The Balaban J connectivity index is 2.43. The second-order valence-electron chi connectivity index (χ2n) is 2.95. The predicted octanol–water partition coefficient (Wildman–Crippen LogP) is 3.90. The van der Waals surface area contributed by atoms with Gasteiger partial charge in [0.05, 0.1) is 4.88 Å². The van der Waals surface area contributed by atoms with Crippen molar-refractivity contribution in [3.05, 3.63) is 21.9 Å². The topological polar surface area (TPSA) is 0 Å². The van der Waals surface area contributed by atoms with E-state index in [9.17, 15) is 0 Å². The fourth-order valence-electron chi connectivity index (χ4n) is 1.33. The van der Waals surface area contributed by atoms with E-state index in [4.69, 9.17) is 6.42 Å². The van der Waals surface area contributed by atoms with Gasteiger partial charge in [0.1, 0.15) is 0 Å². The summed E-state index contributed by atoms with van der Waals surface area (Å²) in [6.45, 7) is 2.21. The van der Waals surface area contributed by atoms with E-state index in [1.54, 1.807) is 11.3 Å². The first-order valence-corrected chi connectivity index (χ1v) is 5.95. The van der Waals surface area contributed by atoms with Crippen LogP contribution >= 0.6 is 22.7 Å². The summed E-state index contributed by atoms with van der Waals surface area (Å²) in [5.74, 6) is 2.68. The van der Waals surface area contributed by atoms with Crippen LogP contribution in [0.1, 0.15) is 23.1 Å². The van der Waals surface area contributed by atoms with Gasteiger partial charge in [-0.15, -0.1) is 29.1 Å². The number of thiophene rings is 2. The fraction of sp³-hybridized carbons (Fsp3) is 0.273. The molecule has 0 aliphatic carbocycles. The molecule has 0 N–H and O–H groups in total. The van der Waals surface area contributed by atoms with Crippen molar-refractivity contribution in [1.82, 2.24) is 0 Å². The molecule has 0 spiro atoms. The van der Waals surface area contributed by atoms with Crippen LogP contribution in [0, 0.1) is 12.3 Å². The van der Waals surface area contributed by atoms with Gasteiger partial charge in [-0.2, -0.15) is 0 Å². The number of terminal acetylenes is 1. The SMILES string of the molecule is C#Cc1cc2sc(CCC)cc2s1. The first-order chi connectivity index (χ1) is 6.33. The van der Waals surface area contributed by atoms with Crippen LogP contribution in [0.3, 0.4) is 0 Å². The van der Waals surface area contributed by atoms with Crippen molar-refractivity contribution in [2.24, 2.45) is 0 Å². The zero-order valence-electron chi connectivity index (χ0n) is 7.46. The van der Waals surface area contributed by atoms with Crippen molar-refractivity contribution < 1.29 is 0 Å². The molecule has 2 rings (SSSR count). The number of hydrogen-bond donors (Lipinski definition) is 0. The Bertz CT molecular complexity index is 422. The Labute approximate surface area is 86.2 Å². The lowest BCUT2D eigenvalue weighted by atomic mass is 10.3. The molecule has 0 aromatic carbocycles. The number of aryl methyl sites for hydroxylation is 1. The summed E-state index contributed by atoms with van der Waals surface area (Å²) in [5.41, 5.74) is 0. The molecule has 2 heterocycles. The van der Waals surface area contributed by atoms with Gasteiger partial charge < -0.3 is 0 Å². The van der Waals surface area contributed by atoms with Gasteiger partial charge in [-0.25, -0.2) is 0 Å². The normalized spacial score (nSPS) is 10.5. The molecule has 66 valence electrons. The highest BCUT2D eigenvalue weighted by atomic mass is 32.1. The first-order valence-electron chi connectivity index (χ1n) is 4.32. The third-order valence-electron chi connectivity index (χ3n) is 1.90. The van der Waals surface area contributed by atoms with E-state index in [2.05, 4.69) is 25.0 Å². The van der Waals surface area contributed by atoms with Gasteiger partial charge >= 0.3 is 0 Å². The molecule has 0 amide bonds. The summed E-state index contributed by atoms with van der Waals surface area (Å²) >= 11 is 3.59. The van der Waals surface area contributed by atoms with Crippen LogP contribution in [-0.4, -0.2) is 0 Å². The van der Waals surface area contributed by atoms with E-state index in [-0.39, 0.29) is 0 Å². The molecular weight excluding hydrogens is 196 g/mol. The molecule has 2 aromatic rings. The lowest BCUT2D eigenvalue weighted by Crippen LogP contribution is -1.72. The molecule has 0 saturated heterocycles. The Morgan fingerprint density at radius 3 is 2.69 bits per heavy atom. The van der Waals surface area contributed by atoms with Gasteiger partial charge in [0.15, 0.2) is 0 Å². The number of hydrogen-bond acceptors (Lipinski definition) is 2. The summed E-state index contributed by atoms with van der Waals surface area (Å²) in [5, 5.41) is 0. The largest absolute Gasteiger partial charge is 0.139 e. The maximum Gasteiger partial charge on any atom is 0.0786 e. The van der Waals surface area contributed by atoms with Crippen LogP contribution in [-0.2, 0) is 6.42 Å². The van der Waals surface area contributed by atoms with E-state index in [1.807, 2.05) is 11.3 Å². The Morgan fingerprint density at radius 1 is 1.31 bits per heavy atom. The standard InChI is InChI=1S/C11H10S2/c1-3-5-9-7-11-10(13-9)6-8(4-2)12-11/h2,6-7H,3,5H2,1H3. The van der Waals surface area contributed by atoms with Crippen LogP contribution in [0.2, 0.25) is 0 Å². The zero-order chi connectivity index (χ0) is 9.26. The number of rotatable bonds is 2. The average molecular weight is 206 g/mol. The lowest BCUT2D eigenvalue weighted by molar-refractivity contribution is 0.941. The molecule has 0 nitrogen and oxygen atoms in total. The van der Waals surface area contributed by atoms with Crippen LogP contribution in [0.4, 0.5) is 0 Å². The van der Waals surface area contributed by atoms with Crippen molar-refractivity contribution >= 4 is 32.1 Å². The Hall–Kier alpha value is -0.780. The van der Waals surface area contributed by atoms with Gasteiger partial charge in [-0.1, -0.05) is 19.3 Å². The molecule has 0 atom stereocenters. The maximum absolute atomic E-state index is 5.33. The third-order valence-corrected chi connectivity index (χ3v) is 4.18. The maximum atomic E-state index is 5.33. The summed E-state index contributed by atoms with van der Waals surface area (Å²) < 4.78 is 2.70. The van der Waals surface area contributed by atoms with Gasteiger partial charge in [0, 0.05) is 14.3 Å². The monoisotopic (exact) mass is 206 g/mol. The molecule has 13 heavy (non-hydrogen) atoms. The van der Waals surface area contributed by atoms with Crippen LogP contribution in [0.5, 0.6) is 0 Å². The molecule has 0 radical (unpaired) electrons. The molecule has 0 aliphatic rings. The van der Waals surface area contributed by atoms with E-state index in [1.165, 1.54) is 27.1 Å². The summed E-state index contributed by atoms with van der Waals surface area (Å²) in [7, 11) is 0. The molecular formula is C11H10S2. The highest BCUT2D eigenvalue weighted by Gasteiger charge is 2.04. The van der Waals surface area contributed by atoms with Crippen molar-refractivity contribution in [3.63, 3.8) is 0 Å². The average Bonchev–Trinajstić information content (AvgIpc) is 2.61. The molecule has 2 aromatic heterocycles. The molecule has 0 aliphatic heterocycles. The lowest BCUT2D eigenvalue weighted by Gasteiger charge is -1.87. The Morgan fingerprint density at radius 2 is 2.08 bits per heavy atom. The summed E-state index contributed by atoms with van der Waals surface area (Å²) in [6, 6.07) is 4.39. The summed E-state index contributed by atoms with van der Waals surface area (Å²) in [6.07, 6.45) is 7.74. The van der Waals surface area contributed by atoms with E-state index in [0.29, 0.717) is 0 Å². The fourth-order valence-corrected chi connectivity index (χ4v) is 3.66. The first kappa shape index (κ1) is 8.80. The van der Waals surface area contributed by atoms with Crippen LogP contribution in [0.25, 0.3) is 9.40 Å². The van der Waals surface area contributed by atoms with Gasteiger partial charge in [-0.3, -0.25) is 0 Å². The van der Waals surface area contributed by atoms with Gasteiger partial charge in [0.25, 0.3) is 0 Å². The molecule has 2 heteroatoms. The van der Waals surface area contributed by atoms with E-state index in [0.717, 1.165) is 4.88 Å². The summed E-state index contributed by atoms with van der Waals surface area (Å²) in [4.78, 5) is 2.52. The van der Waals surface area contributed by atoms with Crippen LogP contribution in [0.15, 0.2) is 12.1 Å². The minimum absolute atomic E-state index is 1.05. The second-order valence-corrected chi connectivity index (χ2v) is 5.20. The highest BCUT2D eigenvalue weighted by Crippen LogP contribution is 2.33. The number of fused-ring (bicyclic) bond motifs is 1. The van der Waals surface area contributed by atoms with Crippen molar-refractivity contribution in [2.45, 2.75) is 19.8 Å². The minimum atomic E-state index is 1.05. The molecule has 0 fully saturated rings. The highest BCUT2D eigenvalue weighted by molar-refractivity contribution is 7.28. The van der Waals surface area contributed by atoms with Crippen molar-refractivity contribution in [3.8, 4) is 12.3 Å². The second kappa shape index (κ2) is 3.53. The van der Waals surface area contributed by atoms with Gasteiger partial charge in [-0.05, 0) is 18.6 Å². The van der Waals surface area contributed by atoms with Gasteiger partial charge in [0.2, 0.25) is 0 Å². The van der Waals surface area contributed by atoms with Crippen molar-refractivity contribution in [2.75, 3.05) is 0 Å². The van der Waals surface area contributed by atoms with E-state index < -0.39 is 0 Å². The third kappa shape index (κ3) is 1.63. The molecule has 0 unspecified atom stereocenters. The Kier molecular flexibility index (Phi) is 2.39. The predicted molar refractivity (Wildman–Crippen MR) is 61.6 cm³/mol. The quantitative estimate of drug-likeness (QED) is 0.654. The molecule has 0 bridgehead atoms. The minimum Gasteiger partial charge on any atom is -0.139 e. The van der Waals surface area contributed by atoms with E-state index >= 15 is 0 Å². The van der Waals surface area contributed by atoms with Crippen molar-refractivity contribution in [1.29, 1.82) is 0 Å². The molecule has 0 saturated carbocycles. The zero-order valence-corrected chi connectivity index (χ0v) is 9.10.